The summed E-state index contributed by atoms with van der Waals surface area (Å²) in [4.78, 5) is -0.0605. The van der Waals surface area contributed by atoms with Crippen molar-refractivity contribution in [3.63, 3.8) is 0 Å². The number of hydrogen-bond donors (Lipinski definition) is 2. The summed E-state index contributed by atoms with van der Waals surface area (Å²) >= 11 is 5.98. The van der Waals surface area contributed by atoms with E-state index < -0.39 is 15.8 Å². The Morgan fingerprint density at radius 1 is 1.08 bits per heavy atom. The lowest BCUT2D eigenvalue weighted by molar-refractivity contribution is 0.482. The minimum Gasteiger partial charge on any atom is -0.506 e. The Morgan fingerprint density at radius 2 is 1.75 bits per heavy atom. The predicted octanol–water partition coefficient (Wildman–Crippen LogP) is 4.45. The summed E-state index contributed by atoms with van der Waals surface area (Å²) < 4.78 is 40.9. The highest BCUT2D eigenvalue weighted by atomic mass is 35.5. The Balaban J connectivity index is 2.12. The van der Waals surface area contributed by atoms with E-state index in [4.69, 9.17) is 11.6 Å². The molecule has 124 valence electrons. The van der Waals surface area contributed by atoms with E-state index in [2.05, 4.69) is 4.72 Å². The third kappa shape index (κ3) is 2.90. The lowest BCUT2D eigenvalue weighted by Crippen LogP contribution is -2.13. The SMILES string of the molecule is Cc1cc(S(=O)(=O)Nc2cc(Cl)c(O)c3ccccc23)ccc1F. The maximum Gasteiger partial charge on any atom is 0.261 e. The molecule has 0 aliphatic rings. The van der Waals surface area contributed by atoms with E-state index in [1.165, 1.54) is 25.1 Å². The molecule has 0 atom stereocenters. The molecule has 3 rings (SSSR count). The number of fused-ring (bicyclic) bond motifs is 1. The molecule has 4 nitrogen and oxygen atoms in total. The Kier molecular flexibility index (Phi) is 4.11. The van der Waals surface area contributed by atoms with Crippen LogP contribution < -0.4 is 4.72 Å². The molecule has 0 bridgehead atoms. The summed E-state index contributed by atoms with van der Waals surface area (Å²) in [5, 5.41) is 11.0. The van der Waals surface area contributed by atoms with Gasteiger partial charge >= 0.3 is 0 Å². The van der Waals surface area contributed by atoms with Crippen LogP contribution in [-0.2, 0) is 10.0 Å². The molecule has 0 unspecified atom stereocenters. The van der Waals surface area contributed by atoms with Crippen LogP contribution in [0.15, 0.2) is 53.4 Å². The highest BCUT2D eigenvalue weighted by molar-refractivity contribution is 7.92. The maximum absolute atomic E-state index is 13.4. The molecule has 0 saturated heterocycles. The summed E-state index contributed by atoms with van der Waals surface area (Å²) in [6.07, 6.45) is 0. The summed E-state index contributed by atoms with van der Waals surface area (Å²) in [6.45, 7) is 1.49. The number of aromatic hydroxyl groups is 1. The lowest BCUT2D eigenvalue weighted by Gasteiger charge is -2.13. The minimum absolute atomic E-state index is 0.0293. The van der Waals surface area contributed by atoms with Crippen LogP contribution in [0.2, 0.25) is 5.02 Å². The third-order valence-electron chi connectivity index (χ3n) is 3.65. The molecule has 0 spiro atoms. The summed E-state index contributed by atoms with van der Waals surface area (Å²) in [5.41, 5.74) is 0.460. The summed E-state index contributed by atoms with van der Waals surface area (Å²) in [6, 6.07) is 11.6. The van der Waals surface area contributed by atoms with E-state index in [1.54, 1.807) is 24.3 Å². The van der Waals surface area contributed by atoms with Gasteiger partial charge < -0.3 is 5.11 Å². The number of aryl methyl sites for hydroxylation is 1. The van der Waals surface area contributed by atoms with Crippen molar-refractivity contribution in [2.24, 2.45) is 0 Å². The van der Waals surface area contributed by atoms with Gasteiger partial charge in [0.15, 0.2) is 0 Å². The quantitative estimate of drug-likeness (QED) is 0.674. The van der Waals surface area contributed by atoms with Crippen molar-refractivity contribution in [1.82, 2.24) is 0 Å². The van der Waals surface area contributed by atoms with Gasteiger partial charge in [0.2, 0.25) is 0 Å². The molecule has 0 fully saturated rings. The normalized spacial score (nSPS) is 11.6. The molecule has 0 aliphatic carbocycles. The van der Waals surface area contributed by atoms with Crippen molar-refractivity contribution in [3.8, 4) is 5.75 Å². The van der Waals surface area contributed by atoms with E-state index in [-0.39, 0.29) is 26.9 Å². The fraction of sp³-hybridized carbons (Fsp3) is 0.0588. The van der Waals surface area contributed by atoms with Gasteiger partial charge in [-0.2, -0.15) is 0 Å². The number of phenols is 1. The monoisotopic (exact) mass is 365 g/mol. The predicted molar refractivity (Wildman–Crippen MR) is 92.6 cm³/mol. The van der Waals surface area contributed by atoms with Gasteiger partial charge in [-0.15, -0.1) is 0 Å². The van der Waals surface area contributed by atoms with Crippen LogP contribution in [0.5, 0.6) is 5.75 Å². The van der Waals surface area contributed by atoms with Crippen LogP contribution in [0, 0.1) is 12.7 Å². The zero-order valence-corrected chi connectivity index (χ0v) is 14.1. The molecule has 0 heterocycles. The molecule has 2 N–H and O–H groups in total. The number of rotatable bonds is 3. The highest BCUT2D eigenvalue weighted by Crippen LogP contribution is 2.38. The Bertz CT molecular complexity index is 1050. The molecule has 7 heteroatoms. The van der Waals surface area contributed by atoms with Crippen molar-refractivity contribution in [3.05, 3.63) is 64.9 Å². The Morgan fingerprint density at radius 3 is 2.42 bits per heavy atom. The van der Waals surface area contributed by atoms with Gasteiger partial charge in [-0.1, -0.05) is 35.9 Å². The lowest BCUT2D eigenvalue weighted by atomic mass is 10.1. The summed E-state index contributed by atoms with van der Waals surface area (Å²) in [5.74, 6) is -0.597. The van der Waals surface area contributed by atoms with E-state index in [1.807, 2.05) is 0 Å². The van der Waals surface area contributed by atoms with Crippen molar-refractivity contribution in [2.75, 3.05) is 4.72 Å². The molecule has 3 aromatic carbocycles. The molecule has 3 aromatic rings. The fourth-order valence-corrected chi connectivity index (χ4v) is 3.76. The second kappa shape index (κ2) is 5.96. The van der Waals surface area contributed by atoms with Gasteiger partial charge in [0.05, 0.1) is 15.6 Å². The number of nitrogens with one attached hydrogen (secondary N) is 1. The molecule has 24 heavy (non-hydrogen) atoms. The average molecular weight is 366 g/mol. The maximum atomic E-state index is 13.4. The highest BCUT2D eigenvalue weighted by Gasteiger charge is 2.18. The van der Waals surface area contributed by atoms with Gasteiger partial charge in [-0.25, -0.2) is 12.8 Å². The van der Waals surface area contributed by atoms with E-state index in [0.717, 1.165) is 6.07 Å². The van der Waals surface area contributed by atoms with Crippen molar-refractivity contribution >= 4 is 38.1 Å². The van der Waals surface area contributed by atoms with Gasteiger partial charge in [0.25, 0.3) is 10.0 Å². The largest absolute Gasteiger partial charge is 0.506 e. The zero-order valence-electron chi connectivity index (χ0n) is 12.5. The molecule has 0 amide bonds. The van der Waals surface area contributed by atoms with E-state index in [9.17, 15) is 17.9 Å². The van der Waals surface area contributed by atoms with Crippen LogP contribution in [0.1, 0.15) is 5.56 Å². The number of sulfonamides is 1. The van der Waals surface area contributed by atoms with Crippen LogP contribution in [0.3, 0.4) is 0 Å². The number of benzene rings is 3. The van der Waals surface area contributed by atoms with Crippen molar-refractivity contribution in [1.29, 1.82) is 0 Å². The second-order valence-electron chi connectivity index (χ2n) is 5.32. The first kappa shape index (κ1) is 16.5. The first-order valence-electron chi connectivity index (χ1n) is 6.99. The molecular weight excluding hydrogens is 353 g/mol. The second-order valence-corrected chi connectivity index (χ2v) is 7.41. The number of hydrogen-bond acceptors (Lipinski definition) is 3. The average Bonchev–Trinajstić information content (AvgIpc) is 2.54. The Labute approximate surface area is 143 Å². The molecule has 0 aliphatic heterocycles. The molecule has 0 radical (unpaired) electrons. The van der Waals surface area contributed by atoms with Gasteiger partial charge in [0.1, 0.15) is 11.6 Å². The van der Waals surface area contributed by atoms with E-state index in [0.29, 0.717) is 10.8 Å². The Hall–Kier alpha value is -2.31. The molecule has 0 aromatic heterocycles. The first-order chi connectivity index (χ1) is 11.3. The van der Waals surface area contributed by atoms with Crippen LogP contribution >= 0.6 is 11.6 Å². The van der Waals surface area contributed by atoms with Crippen LogP contribution in [-0.4, -0.2) is 13.5 Å². The first-order valence-corrected chi connectivity index (χ1v) is 8.85. The van der Waals surface area contributed by atoms with Crippen molar-refractivity contribution < 1.29 is 17.9 Å². The summed E-state index contributed by atoms with van der Waals surface area (Å²) in [7, 11) is -3.93. The molecular formula is C17H13ClFNO3S. The number of halogens is 2. The van der Waals surface area contributed by atoms with Gasteiger partial charge in [-0.05, 0) is 36.8 Å². The van der Waals surface area contributed by atoms with Crippen molar-refractivity contribution in [2.45, 2.75) is 11.8 Å². The van der Waals surface area contributed by atoms with Crippen LogP contribution in [0.4, 0.5) is 10.1 Å². The minimum atomic E-state index is -3.93. The number of anilines is 1. The fourth-order valence-electron chi connectivity index (χ4n) is 2.40. The van der Waals surface area contributed by atoms with E-state index >= 15 is 0 Å². The van der Waals surface area contributed by atoms with Gasteiger partial charge in [0, 0.05) is 10.8 Å². The van der Waals surface area contributed by atoms with Gasteiger partial charge in [-0.3, -0.25) is 4.72 Å². The number of phenolic OH excluding ortho intramolecular Hbond substituents is 1. The zero-order chi connectivity index (χ0) is 17.5. The third-order valence-corrected chi connectivity index (χ3v) is 5.30. The molecule has 0 saturated carbocycles. The standard InChI is InChI=1S/C17H13ClFNO3S/c1-10-8-11(6-7-15(10)19)24(22,23)20-16-9-14(18)17(21)13-5-3-2-4-12(13)16/h2-9,20-21H,1H3. The topological polar surface area (TPSA) is 66.4 Å². The smallest absolute Gasteiger partial charge is 0.261 e. The van der Waals surface area contributed by atoms with Crippen LogP contribution in [0.25, 0.3) is 10.8 Å².